The normalized spacial score (nSPS) is 11.1. The molecular weight excluding hydrogens is 230 g/mol. The molecule has 1 amide bonds. The van der Waals surface area contributed by atoms with Crippen LogP contribution in [0.25, 0.3) is 0 Å². The number of benzene rings is 1. The number of methoxy groups -OCH3 is 1. The van der Waals surface area contributed by atoms with E-state index in [1.807, 2.05) is 20.8 Å². The number of hydrogen-bond donors (Lipinski definition) is 1. The summed E-state index contributed by atoms with van der Waals surface area (Å²) in [5.41, 5.74) is 0.397. The fourth-order valence-corrected chi connectivity index (χ4v) is 1.36. The van der Waals surface area contributed by atoms with Crippen molar-refractivity contribution < 1.29 is 14.3 Å². The summed E-state index contributed by atoms with van der Waals surface area (Å²) in [6.45, 7) is 6.91. The minimum absolute atomic E-state index is 0.0778. The maximum absolute atomic E-state index is 11.9. The Hall–Kier alpha value is -1.55. The molecule has 4 heteroatoms. The average molecular weight is 251 g/mol. The average Bonchev–Trinajstić information content (AvgIpc) is 2.28. The van der Waals surface area contributed by atoms with Gasteiger partial charge in [-0.15, -0.1) is 0 Å². The summed E-state index contributed by atoms with van der Waals surface area (Å²) in [4.78, 5) is 11.9. The van der Waals surface area contributed by atoms with Gasteiger partial charge >= 0.3 is 0 Å². The maximum atomic E-state index is 11.9. The smallest absolute Gasteiger partial charge is 0.251 e. The third-order valence-electron chi connectivity index (χ3n) is 2.16. The molecule has 1 aromatic rings. The van der Waals surface area contributed by atoms with Crippen LogP contribution < -0.4 is 10.1 Å². The molecule has 0 aliphatic heterocycles. The fraction of sp³-hybridized carbons (Fsp3) is 0.500. The molecular formula is C14H21NO3. The van der Waals surface area contributed by atoms with E-state index in [4.69, 9.17) is 9.47 Å². The number of rotatable bonds is 5. The third kappa shape index (κ3) is 5.19. The van der Waals surface area contributed by atoms with Crippen molar-refractivity contribution in [2.45, 2.75) is 26.3 Å². The van der Waals surface area contributed by atoms with Gasteiger partial charge in [-0.05, 0) is 45.0 Å². The molecule has 1 rings (SSSR count). The molecule has 0 aliphatic carbocycles. The van der Waals surface area contributed by atoms with E-state index in [1.54, 1.807) is 31.4 Å². The van der Waals surface area contributed by atoms with Crippen molar-refractivity contribution in [3.05, 3.63) is 29.8 Å². The van der Waals surface area contributed by atoms with Crippen molar-refractivity contribution in [2.75, 3.05) is 20.3 Å². The van der Waals surface area contributed by atoms with Gasteiger partial charge in [0.25, 0.3) is 5.91 Å². The summed E-state index contributed by atoms with van der Waals surface area (Å²) in [6.07, 6.45) is 0. The SMILES string of the molecule is COCCOc1ccc(C(=O)NC(C)(C)C)cc1. The highest BCUT2D eigenvalue weighted by Crippen LogP contribution is 2.13. The highest BCUT2D eigenvalue weighted by Gasteiger charge is 2.14. The van der Waals surface area contributed by atoms with Gasteiger partial charge in [-0.1, -0.05) is 0 Å². The maximum Gasteiger partial charge on any atom is 0.251 e. The standard InChI is InChI=1S/C14H21NO3/c1-14(2,3)15-13(16)11-5-7-12(8-6-11)18-10-9-17-4/h5-8H,9-10H2,1-4H3,(H,15,16). The summed E-state index contributed by atoms with van der Waals surface area (Å²) in [7, 11) is 1.63. The molecule has 0 aromatic heterocycles. The Morgan fingerprint density at radius 3 is 2.28 bits per heavy atom. The lowest BCUT2D eigenvalue weighted by atomic mass is 10.1. The number of ether oxygens (including phenoxy) is 2. The number of hydrogen-bond acceptors (Lipinski definition) is 3. The van der Waals surface area contributed by atoms with Crippen molar-refractivity contribution in [1.82, 2.24) is 5.32 Å². The molecule has 1 aromatic carbocycles. The molecule has 0 heterocycles. The van der Waals surface area contributed by atoms with Crippen molar-refractivity contribution in [3.63, 3.8) is 0 Å². The van der Waals surface area contributed by atoms with E-state index in [9.17, 15) is 4.79 Å². The van der Waals surface area contributed by atoms with Gasteiger partial charge in [-0.25, -0.2) is 0 Å². The summed E-state index contributed by atoms with van der Waals surface area (Å²) in [6, 6.07) is 7.08. The first kappa shape index (κ1) is 14.5. The van der Waals surface area contributed by atoms with Crippen LogP contribution in [-0.4, -0.2) is 31.8 Å². The zero-order valence-electron chi connectivity index (χ0n) is 11.4. The van der Waals surface area contributed by atoms with E-state index in [0.717, 1.165) is 5.75 Å². The van der Waals surface area contributed by atoms with Gasteiger partial charge in [-0.2, -0.15) is 0 Å². The summed E-state index contributed by atoms with van der Waals surface area (Å²) >= 11 is 0. The monoisotopic (exact) mass is 251 g/mol. The highest BCUT2D eigenvalue weighted by molar-refractivity contribution is 5.94. The predicted molar refractivity (Wildman–Crippen MR) is 71.0 cm³/mol. The number of carbonyl (C=O) groups is 1. The van der Waals surface area contributed by atoms with Crippen LogP contribution in [0.15, 0.2) is 24.3 Å². The second-order valence-corrected chi connectivity index (χ2v) is 5.07. The summed E-state index contributed by atoms with van der Waals surface area (Å²) < 4.78 is 10.3. The quantitative estimate of drug-likeness (QED) is 0.816. The van der Waals surface area contributed by atoms with Crippen LogP contribution in [0, 0.1) is 0 Å². The van der Waals surface area contributed by atoms with Crippen molar-refractivity contribution in [1.29, 1.82) is 0 Å². The molecule has 4 nitrogen and oxygen atoms in total. The molecule has 18 heavy (non-hydrogen) atoms. The molecule has 0 saturated heterocycles. The van der Waals surface area contributed by atoms with Crippen LogP contribution in [0.4, 0.5) is 0 Å². The Morgan fingerprint density at radius 2 is 1.78 bits per heavy atom. The lowest BCUT2D eigenvalue weighted by Crippen LogP contribution is -2.40. The van der Waals surface area contributed by atoms with Crippen molar-refractivity contribution >= 4 is 5.91 Å². The molecule has 0 bridgehead atoms. The van der Waals surface area contributed by atoms with Gasteiger partial charge in [0.15, 0.2) is 0 Å². The summed E-state index contributed by atoms with van der Waals surface area (Å²) in [5.74, 6) is 0.658. The largest absolute Gasteiger partial charge is 0.491 e. The second kappa shape index (κ2) is 6.40. The van der Waals surface area contributed by atoms with Crippen LogP contribution in [0.5, 0.6) is 5.75 Å². The second-order valence-electron chi connectivity index (χ2n) is 5.07. The number of nitrogens with one attached hydrogen (secondary N) is 1. The fourth-order valence-electron chi connectivity index (χ4n) is 1.36. The van der Waals surface area contributed by atoms with E-state index in [0.29, 0.717) is 18.8 Å². The zero-order valence-corrected chi connectivity index (χ0v) is 11.4. The van der Waals surface area contributed by atoms with Gasteiger partial charge in [0.05, 0.1) is 6.61 Å². The first-order valence-corrected chi connectivity index (χ1v) is 5.97. The van der Waals surface area contributed by atoms with Crippen molar-refractivity contribution in [3.8, 4) is 5.75 Å². The minimum Gasteiger partial charge on any atom is -0.491 e. The van der Waals surface area contributed by atoms with Crippen LogP contribution in [0.2, 0.25) is 0 Å². The van der Waals surface area contributed by atoms with Crippen molar-refractivity contribution in [2.24, 2.45) is 0 Å². The molecule has 0 aliphatic rings. The third-order valence-corrected chi connectivity index (χ3v) is 2.16. The van der Waals surface area contributed by atoms with Gasteiger partial charge in [0, 0.05) is 18.2 Å². The number of carbonyl (C=O) groups excluding carboxylic acids is 1. The zero-order chi connectivity index (χ0) is 13.6. The predicted octanol–water partition coefficient (Wildman–Crippen LogP) is 2.24. The van der Waals surface area contributed by atoms with E-state index >= 15 is 0 Å². The van der Waals surface area contributed by atoms with Gasteiger partial charge in [-0.3, -0.25) is 4.79 Å². The first-order chi connectivity index (χ1) is 8.42. The molecule has 100 valence electrons. The Kier molecular flexibility index (Phi) is 5.16. The Balaban J connectivity index is 2.57. The van der Waals surface area contributed by atoms with Crippen LogP contribution in [0.1, 0.15) is 31.1 Å². The Labute approximate surface area is 108 Å². The lowest BCUT2D eigenvalue weighted by Gasteiger charge is -2.20. The Bertz CT molecular complexity index is 379. The van der Waals surface area contributed by atoms with Gasteiger partial charge in [0.2, 0.25) is 0 Å². The Morgan fingerprint density at radius 1 is 1.17 bits per heavy atom. The number of amides is 1. The molecule has 0 spiro atoms. The van der Waals surface area contributed by atoms with Crippen LogP contribution in [0.3, 0.4) is 0 Å². The molecule has 0 fully saturated rings. The van der Waals surface area contributed by atoms with E-state index in [1.165, 1.54) is 0 Å². The van der Waals surface area contributed by atoms with Crippen LogP contribution >= 0.6 is 0 Å². The van der Waals surface area contributed by atoms with E-state index < -0.39 is 0 Å². The van der Waals surface area contributed by atoms with E-state index in [-0.39, 0.29) is 11.4 Å². The van der Waals surface area contributed by atoms with E-state index in [2.05, 4.69) is 5.32 Å². The first-order valence-electron chi connectivity index (χ1n) is 5.97. The molecule has 1 N–H and O–H groups in total. The lowest BCUT2D eigenvalue weighted by molar-refractivity contribution is 0.0919. The molecule has 0 radical (unpaired) electrons. The van der Waals surface area contributed by atoms with Gasteiger partial charge < -0.3 is 14.8 Å². The summed E-state index contributed by atoms with van der Waals surface area (Å²) in [5, 5.41) is 2.91. The topological polar surface area (TPSA) is 47.6 Å². The molecule has 0 atom stereocenters. The van der Waals surface area contributed by atoms with Crippen LogP contribution in [-0.2, 0) is 4.74 Å². The molecule has 0 unspecified atom stereocenters. The highest BCUT2D eigenvalue weighted by atomic mass is 16.5. The minimum atomic E-state index is -0.231. The molecule has 0 saturated carbocycles. The van der Waals surface area contributed by atoms with Gasteiger partial charge in [0.1, 0.15) is 12.4 Å².